The van der Waals surface area contributed by atoms with Gasteiger partial charge in [-0.15, -0.1) is 11.3 Å². The smallest absolute Gasteiger partial charge is 0.268 e. The van der Waals surface area contributed by atoms with Gasteiger partial charge in [0.1, 0.15) is 10.7 Å². The van der Waals surface area contributed by atoms with Gasteiger partial charge >= 0.3 is 0 Å². The quantitative estimate of drug-likeness (QED) is 0.507. The van der Waals surface area contributed by atoms with E-state index in [1.807, 2.05) is 19.2 Å². The number of carbonyl (C=O) groups excluding carboxylic acids is 1. The van der Waals surface area contributed by atoms with Gasteiger partial charge in [-0.2, -0.15) is 5.10 Å². The predicted octanol–water partition coefficient (Wildman–Crippen LogP) is 4.63. The normalized spacial score (nSPS) is 15.4. The third-order valence-corrected chi connectivity index (χ3v) is 6.72. The van der Waals surface area contributed by atoms with Gasteiger partial charge in [-0.05, 0) is 63.0 Å². The fourth-order valence-corrected chi connectivity index (χ4v) is 4.65. The lowest BCUT2D eigenvalue weighted by molar-refractivity contribution is 0.103. The standard InChI is InChI=1S/C23H24N6OS.H2/c1-15-24-13-21(31-15)23(30)27-22-10-18-9-16(3-4-17(18)11-25-22)19-12-26-29(14-19)20-5-7-28(2)8-6-20;/h3-4,9-14,20H,5-8H2,1-2H3,(H,25,27,30);1H. The van der Waals surface area contributed by atoms with Crippen LogP contribution in [0.4, 0.5) is 5.82 Å². The van der Waals surface area contributed by atoms with Gasteiger partial charge in [-0.3, -0.25) is 9.48 Å². The van der Waals surface area contributed by atoms with Crippen molar-refractivity contribution in [2.24, 2.45) is 0 Å². The molecule has 8 heteroatoms. The molecule has 0 aliphatic carbocycles. The lowest BCUT2D eigenvalue weighted by atomic mass is 10.0. The summed E-state index contributed by atoms with van der Waals surface area (Å²) in [6.07, 6.45) is 9.72. The molecular weight excluding hydrogens is 408 g/mol. The first-order valence-electron chi connectivity index (χ1n) is 10.4. The van der Waals surface area contributed by atoms with E-state index in [1.165, 1.54) is 11.3 Å². The van der Waals surface area contributed by atoms with E-state index in [4.69, 9.17) is 0 Å². The molecule has 0 radical (unpaired) electrons. The molecule has 3 aromatic heterocycles. The number of hydrogen-bond acceptors (Lipinski definition) is 6. The first-order valence-corrected chi connectivity index (χ1v) is 11.2. The largest absolute Gasteiger partial charge is 0.306 e. The number of pyridine rings is 1. The molecule has 0 bridgehead atoms. The van der Waals surface area contributed by atoms with Crippen molar-refractivity contribution in [1.82, 2.24) is 24.6 Å². The van der Waals surface area contributed by atoms with E-state index in [-0.39, 0.29) is 7.33 Å². The predicted molar refractivity (Wildman–Crippen MR) is 126 cm³/mol. The Bertz CT molecular complexity index is 1240. The Morgan fingerprint density at radius 1 is 1.10 bits per heavy atom. The van der Waals surface area contributed by atoms with Crippen LogP contribution >= 0.6 is 11.3 Å². The number of aromatic nitrogens is 4. The zero-order chi connectivity index (χ0) is 21.4. The molecule has 5 rings (SSSR count). The van der Waals surface area contributed by atoms with Gasteiger partial charge in [-0.25, -0.2) is 9.97 Å². The number of fused-ring (bicyclic) bond motifs is 1. The number of nitrogens with one attached hydrogen (secondary N) is 1. The Balaban J connectivity index is 0.00000245. The average Bonchev–Trinajstić information content (AvgIpc) is 3.43. The van der Waals surface area contributed by atoms with Crippen molar-refractivity contribution >= 4 is 33.8 Å². The van der Waals surface area contributed by atoms with Crippen molar-refractivity contribution in [2.45, 2.75) is 25.8 Å². The molecule has 1 aromatic carbocycles. The van der Waals surface area contributed by atoms with Gasteiger partial charge in [-0.1, -0.05) is 12.1 Å². The Hall–Kier alpha value is -3.10. The summed E-state index contributed by atoms with van der Waals surface area (Å²) in [6, 6.07) is 8.65. The molecule has 160 valence electrons. The van der Waals surface area contributed by atoms with Crippen LogP contribution in [-0.2, 0) is 0 Å². The molecule has 4 heterocycles. The van der Waals surface area contributed by atoms with E-state index in [2.05, 4.69) is 61.4 Å². The molecule has 1 N–H and O–H groups in total. The molecule has 1 amide bonds. The van der Waals surface area contributed by atoms with Crippen LogP contribution in [0.2, 0.25) is 0 Å². The summed E-state index contributed by atoms with van der Waals surface area (Å²) >= 11 is 1.37. The lowest BCUT2D eigenvalue weighted by Gasteiger charge is -2.28. The van der Waals surface area contributed by atoms with E-state index in [0.29, 0.717) is 16.7 Å². The van der Waals surface area contributed by atoms with E-state index in [1.54, 1.807) is 12.4 Å². The number of nitrogens with zero attached hydrogens (tertiary/aromatic N) is 5. The number of aryl methyl sites for hydroxylation is 1. The van der Waals surface area contributed by atoms with Crippen molar-refractivity contribution in [3.8, 4) is 11.1 Å². The SMILES string of the molecule is Cc1ncc(C(=O)Nc2cc3cc(-c4cnn(C5CCN(C)CC5)c4)ccc3cn2)s1.[HH]. The number of likely N-dealkylation sites (tertiary alicyclic amines) is 1. The summed E-state index contributed by atoms with van der Waals surface area (Å²) in [5, 5.41) is 10.4. The van der Waals surface area contributed by atoms with Gasteiger partial charge in [0, 0.05) is 24.8 Å². The van der Waals surface area contributed by atoms with E-state index in [0.717, 1.165) is 52.8 Å². The fraction of sp³-hybridized carbons (Fsp3) is 0.304. The molecule has 1 saturated heterocycles. The van der Waals surface area contributed by atoms with Crippen molar-refractivity contribution in [2.75, 3.05) is 25.5 Å². The highest BCUT2D eigenvalue weighted by Gasteiger charge is 2.19. The van der Waals surface area contributed by atoms with Crippen molar-refractivity contribution in [3.63, 3.8) is 0 Å². The van der Waals surface area contributed by atoms with Crippen LogP contribution in [0.15, 0.2) is 49.1 Å². The van der Waals surface area contributed by atoms with Gasteiger partial charge in [0.2, 0.25) is 0 Å². The van der Waals surface area contributed by atoms with Gasteiger partial charge in [0.05, 0.1) is 23.4 Å². The Morgan fingerprint density at radius 3 is 2.71 bits per heavy atom. The van der Waals surface area contributed by atoms with Gasteiger partial charge in [0.15, 0.2) is 0 Å². The van der Waals surface area contributed by atoms with E-state index >= 15 is 0 Å². The summed E-state index contributed by atoms with van der Waals surface area (Å²) in [5.41, 5.74) is 2.21. The molecule has 1 aliphatic rings. The van der Waals surface area contributed by atoms with Crippen molar-refractivity contribution in [3.05, 3.63) is 58.9 Å². The molecule has 4 aromatic rings. The third kappa shape index (κ3) is 4.22. The number of piperidine rings is 1. The third-order valence-electron chi connectivity index (χ3n) is 5.81. The maximum Gasteiger partial charge on any atom is 0.268 e. The molecular formula is C23H26N6OS. The van der Waals surface area contributed by atoms with Gasteiger partial charge < -0.3 is 10.2 Å². The average molecular weight is 435 g/mol. The fourth-order valence-electron chi connectivity index (χ4n) is 3.98. The number of rotatable bonds is 4. The number of hydrogen-bond donors (Lipinski definition) is 1. The second kappa shape index (κ2) is 8.20. The summed E-state index contributed by atoms with van der Waals surface area (Å²) in [4.78, 5) is 23.9. The van der Waals surface area contributed by atoms with Gasteiger partial charge in [0.25, 0.3) is 5.91 Å². The number of amides is 1. The minimum absolute atomic E-state index is 0. The van der Waals surface area contributed by atoms with E-state index < -0.39 is 0 Å². The summed E-state index contributed by atoms with van der Waals surface area (Å²) < 4.78 is 2.11. The monoisotopic (exact) mass is 434 g/mol. The second-order valence-electron chi connectivity index (χ2n) is 8.07. The highest BCUT2D eigenvalue weighted by molar-refractivity contribution is 7.13. The number of thiazole rings is 1. The minimum Gasteiger partial charge on any atom is -0.306 e. The molecule has 0 unspecified atom stereocenters. The van der Waals surface area contributed by atoms with Crippen LogP contribution < -0.4 is 5.32 Å². The number of benzene rings is 1. The second-order valence-corrected chi connectivity index (χ2v) is 9.31. The first-order chi connectivity index (χ1) is 15.0. The van der Waals surface area contributed by atoms with Crippen LogP contribution in [0.25, 0.3) is 21.9 Å². The molecule has 31 heavy (non-hydrogen) atoms. The van der Waals surface area contributed by atoms with Crippen molar-refractivity contribution < 1.29 is 6.22 Å². The molecule has 0 saturated carbocycles. The molecule has 0 spiro atoms. The molecule has 7 nitrogen and oxygen atoms in total. The maximum absolute atomic E-state index is 12.4. The lowest BCUT2D eigenvalue weighted by Crippen LogP contribution is -2.31. The minimum atomic E-state index is -0.187. The van der Waals surface area contributed by atoms with Crippen LogP contribution in [-0.4, -0.2) is 50.7 Å². The highest BCUT2D eigenvalue weighted by atomic mass is 32.1. The zero-order valence-corrected chi connectivity index (χ0v) is 18.4. The molecule has 1 fully saturated rings. The topological polar surface area (TPSA) is 75.9 Å². The molecule has 0 atom stereocenters. The summed E-state index contributed by atoms with van der Waals surface area (Å²) in [7, 11) is 2.17. The summed E-state index contributed by atoms with van der Waals surface area (Å²) in [6.45, 7) is 4.10. The first kappa shape index (κ1) is 19.8. The number of carbonyl (C=O) groups is 1. The van der Waals surface area contributed by atoms with Crippen LogP contribution in [0, 0.1) is 6.92 Å². The van der Waals surface area contributed by atoms with Crippen molar-refractivity contribution in [1.29, 1.82) is 0 Å². The Morgan fingerprint density at radius 2 is 1.94 bits per heavy atom. The maximum atomic E-state index is 12.4. The number of anilines is 1. The summed E-state index contributed by atoms with van der Waals surface area (Å²) in [5.74, 6) is 0.343. The zero-order valence-electron chi connectivity index (χ0n) is 17.6. The van der Waals surface area contributed by atoms with Crippen LogP contribution in [0.1, 0.15) is 35.0 Å². The van der Waals surface area contributed by atoms with Crippen LogP contribution in [0.3, 0.4) is 0 Å². The van der Waals surface area contributed by atoms with Crippen LogP contribution in [0.5, 0.6) is 0 Å². The molecule has 1 aliphatic heterocycles. The van der Waals surface area contributed by atoms with E-state index in [9.17, 15) is 4.79 Å². The highest BCUT2D eigenvalue weighted by Crippen LogP contribution is 2.28. The Kier molecular flexibility index (Phi) is 5.25. The Labute approximate surface area is 186 Å².